The molecule has 0 fully saturated rings. The molecule has 0 radical (unpaired) electrons. The first-order valence-electron chi connectivity index (χ1n) is 15.5. The fraction of sp³-hybridized carbons (Fsp3) is 0.300. The summed E-state index contributed by atoms with van der Waals surface area (Å²) < 4.78 is 4.43. The summed E-state index contributed by atoms with van der Waals surface area (Å²) in [5.41, 5.74) is 26.8. The van der Waals surface area contributed by atoms with E-state index in [4.69, 9.17) is 38.5 Å². The molecule has 5 rings (SSSR count). The summed E-state index contributed by atoms with van der Waals surface area (Å²) in [4.78, 5) is 132. The van der Waals surface area contributed by atoms with Crippen LogP contribution in [0.15, 0.2) is 57.2 Å². The Labute approximate surface area is 347 Å². The van der Waals surface area contributed by atoms with Crippen molar-refractivity contribution in [2.24, 2.45) is 27.9 Å². The van der Waals surface area contributed by atoms with Gasteiger partial charge in [0.15, 0.2) is 5.78 Å². The van der Waals surface area contributed by atoms with Crippen molar-refractivity contribution in [3.05, 3.63) is 103 Å². The number of fused-ring (bicyclic) bond motifs is 1. The number of ether oxygens (including phenoxy) is 1. The van der Waals surface area contributed by atoms with Gasteiger partial charge in [0.25, 0.3) is 16.7 Å². The van der Waals surface area contributed by atoms with Gasteiger partial charge in [0.05, 0.1) is 18.6 Å². The molecule has 27 nitrogen and oxygen atoms in total. The van der Waals surface area contributed by atoms with Crippen molar-refractivity contribution >= 4 is 53.6 Å². The van der Waals surface area contributed by atoms with Gasteiger partial charge in [0.1, 0.15) is 23.2 Å². The number of carbonyl (C=O) groups is 5. The number of Topliss-reactive ketones (excluding diaryl/α,β-unsaturated/α-hetero) is 2. The molecule has 18 N–H and O–H groups in total. The smallest absolute Gasteiger partial charge is 0.855 e. The zero-order valence-electron chi connectivity index (χ0n) is 31.7. The quantitative estimate of drug-likeness (QED) is 0.0375. The maximum Gasteiger partial charge on any atom is 1.00 e. The second kappa shape index (κ2) is 33.2. The fourth-order valence-electron chi connectivity index (χ4n) is 3.17. The number of nitrogen functional groups attached to an aromatic ring is 2. The van der Waals surface area contributed by atoms with Gasteiger partial charge in [-0.15, -0.1) is 6.61 Å². The maximum atomic E-state index is 11.0. The van der Waals surface area contributed by atoms with Crippen LogP contribution < -0.4 is 103 Å². The summed E-state index contributed by atoms with van der Waals surface area (Å²) in [5, 5.41) is 8.93. The second-order valence-electron chi connectivity index (χ2n) is 9.75. The number of aliphatic imine (C=N–C) groups is 1. The van der Waals surface area contributed by atoms with Gasteiger partial charge in [-0.3, -0.25) is 58.7 Å². The monoisotopic (exact) mass is 830 g/mol. The summed E-state index contributed by atoms with van der Waals surface area (Å²) in [6, 6.07) is 1.36. The molecule has 58 heavy (non-hydrogen) atoms. The number of nitrogens with one attached hydrogen (secondary N) is 6. The van der Waals surface area contributed by atoms with Crippen LogP contribution in [0.25, 0.3) is 4.85 Å². The van der Waals surface area contributed by atoms with E-state index in [2.05, 4.69) is 51.7 Å². The van der Waals surface area contributed by atoms with Crippen molar-refractivity contribution < 1.29 is 63.4 Å². The van der Waals surface area contributed by atoms with Crippen LogP contribution in [0.2, 0.25) is 0 Å². The van der Waals surface area contributed by atoms with E-state index in [9.17, 15) is 43.2 Å². The molecule has 0 unspecified atom stereocenters. The third-order valence-corrected chi connectivity index (χ3v) is 5.26. The zero-order valence-corrected chi connectivity index (χ0v) is 33.7. The van der Waals surface area contributed by atoms with E-state index >= 15 is 0 Å². The summed E-state index contributed by atoms with van der Waals surface area (Å²) in [5.74, 6) is -0.115. The average molecular weight is 831 g/mol. The first kappa shape index (κ1) is 57.6. The number of carbonyl (C=O) groups excluding carboxylic acids is 5. The first-order chi connectivity index (χ1) is 26.6. The first-order valence-corrected chi connectivity index (χ1v) is 15.5. The molecule has 4 heterocycles. The van der Waals surface area contributed by atoms with E-state index in [-0.39, 0.29) is 90.7 Å². The number of anilines is 2. The Bertz CT molecular complexity index is 2120. The van der Waals surface area contributed by atoms with E-state index in [1.807, 2.05) is 9.97 Å². The van der Waals surface area contributed by atoms with Crippen molar-refractivity contribution in [3.63, 3.8) is 0 Å². The molecule has 3 amide bonds. The number of hydrogen-bond acceptors (Lipinski definition) is 17. The van der Waals surface area contributed by atoms with E-state index in [0.29, 0.717) is 35.7 Å². The number of aromatic amines is 6. The zero-order chi connectivity index (χ0) is 44.7. The minimum atomic E-state index is -0.833. The summed E-state index contributed by atoms with van der Waals surface area (Å²) in [6.07, 6.45) is 2.63. The van der Waals surface area contributed by atoms with Gasteiger partial charge in [-0.1, -0.05) is 6.92 Å². The summed E-state index contributed by atoms with van der Waals surface area (Å²) in [7, 11) is 0. The Morgan fingerprint density at radius 2 is 1.29 bits per heavy atom. The Kier molecular flexibility index (Phi) is 33.0. The van der Waals surface area contributed by atoms with E-state index in [1.54, 1.807) is 27.0 Å². The van der Waals surface area contributed by atoms with Crippen molar-refractivity contribution in [2.45, 2.75) is 40.0 Å². The predicted molar refractivity (Wildman–Crippen MR) is 203 cm³/mol. The van der Waals surface area contributed by atoms with Crippen molar-refractivity contribution in [3.8, 4) is 0 Å². The number of nitrogens with two attached hydrogens (primary N) is 6. The number of rotatable bonds is 2. The number of aromatic nitrogens is 6. The van der Waals surface area contributed by atoms with Crippen LogP contribution in [-0.2, 0) is 30.3 Å². The molecule has 0 saturated carbocycles. The number of hydrogen-bond donors (Lipinski definition) is 12. The number of primary amides is 3. The molecule has 2 aliphatic rings. The van der Waals surface area contributed by atoms with Gasteiger partial charge < -0.3 is 49.1 Å². The van der Waals surface area contributed by atoms with E-state index in [1.165, 1.54) is 0 Å². The SMILES string of the molecule is CC1=C(N)CC(=O)CC1=O.CC[O-].NC(N)=O.NC=O.Nc1cc(=O)[nH]c(=O)[nH]1.Nc1cc(=O)[nH]c(=O)[nH]1.O=c1[nH]c2c(c(=O)[nH]1)CC=N2.[C-]#[N+]CC(=O)OCC.[Na+]. The minimum Gasteiger partial charge on any atom is -0.855 e. The van der Waals surface area contributed by atoms with Crippen LogP contribution in [-0.4, -0.2) is 85.9 Å². The summed E-state index contributed by atoms with van der Waals surface area (Å²) >= 11 is 0. The normalized spacial score (nSPS) is 10.9. The predicted octanol–water partition coefficient (Wildman–Crippen LogP) is -8.27. The van der Waals surface area contributed by atoms with Gasteiger partial charge in [-0.2, -0.15) is 0 Å². The molecule has 0 atom stereocenters. The molecular weight excluding hydrogens is 787 g/mol. The van der Waals surface area contributed by atoms with Gasteiger partial charge >= 0.3 is 65.2 Å². The number of allylic oxidation sites excluding steroid dienone is 2. The minimum absolute atomic E-state index is 0. The third kappa shape index (κ3) is 30.2. The van der Waals surface area contributed by atoms with E-state index in [0.717, 1.165) is 12.1 Å². The Hall–Kier alpha value is -7.15. The molecule has 1 aliphatic carbocycles. The van der Waals surface area contributed by atoms with Crippen LogP contribution in [0.1, 0.15) is 39.2 Å². The number of amides is 3. The number of esters is 1. The number of ketones is 2. The molecular formula is C30H43N14NaO13. The fourth-order valence-corrected chi connectivity index (χ4v) is 3.17. The van der Waals surface area contributed by atoms with Gasteiger partial charge in [-0.05, 0) is 13.8 Å². The largest absolute Gasteiger partial charge is 1.00 e. The maximum absolute atomic E-state index is 11.0. The standard InChI is InChI=1S/C7H9NO2.C6H5N3O2.C5H7NO2.2C4H5N3O2.C2H5O.CH4N2O.CH3NO.Na/c1-4-6(8)2-5(9)3-7(4)10;10-5-3-1-2-7-4(3)8-6(11)9-5;1-3-8-5(7)4-6-2;2*5-2-1-3(8)7-4(9)6-2;1-2-3;2-1(3)4;2-1-3;/h2-3,8H2,1H3;2H,1H2,(H2,8,9,10,11);3-4H2,1H3;2*1H,(H4,5,6,7,8,9);2H2,1H3;(H4,2,3,4);1H,(H2,2,3);/q;;;;;-1;;;+1. The average Bonchev–Trinajstić information content (AvgIpc) is 3.54. The van der Waals surface area contributed by atoms with Crippen LogP contribution in [0.5, 0.6) is 0 Å². The molecule has 312 valence electrons. The number of urea groups is 1. The molecule has 3 aromatic rings. The van der Waals surface area contributed by atoms with Gasteiger partial charge in [-0.25, -0.2) is 35.5 Å². The molecule has 0 aromatic carbocycles. The van der Waals surface area contributed by atoms with Gasteiger partial charge in [0, 0.05) is 42.5 Å². The molecule has 0 bridgehead atoms. The van der Waals surface area contributed by atoms with Crippen LogP contribution in [0.4, 0.5) is 22.2 Å². The van der Waals surface area contributed by atoms with Crippen LogP contribution in [0, 0.1) is 6.57 Å². The Morgan fingerprint density at radius 1 is 0.862 bits per heavy atom. The number of nitrogens with zero attached hydrogens (tertiary/aromatic N) is 2. The van der Waals surface area contributed by atoms with Gasteiger partial charge in [0.2, 0.25) is 6.41 Å². The van der Waals surface area contributed by atoms with E-state index < -0.39 is 40.2 Å². The second-order valence-corrected chi connectivity index (χ2v) is 9.75. The molecule has 28 heteroatoms. The Morgan fingerprint density at radius 3 is 1.66 bits per heavy atom. The molecule has 0 saturated heterocycles. The summed E-state index contributed by atoms with van der Waals surface area (Å²) in [6.45, 7) is 11.4. The Balaban J connectivity index is -0.000000297. The van der Waals surface area contributed by atoms with Crippen LogP contribution >= 0.6 is 0 Å². The van der Waals surface area contributed by atoms with Crippen LogP contribution in [0.3, 0.4) is 0 Å². The molecule has 3 aromatic heterocycles. The van der Waals surface area contributed by atoms with Crippen molar-refractivity contribution in [2.75, 3.05) is 31.2 Å². The van der Waals surface area contributed by atoms with Crippen molar-refractivity contribution in [1.29, 1.82) is 0 Å². The molecule has 0 spiro atoms. The molecule has 1 aliphatic heterocycles. The number of H-pyrrole nitrogens is 6. The third-order valence-electron chi connectivity index (χ3n) is 5.26. The topological polar surface area (TPSA) is 488 Å². The van der Waals surface area contributed by atoms with Crippen molar-refractivity contribution in [1.82, 2.24) is 29.9 Å².